The summed E-state index contributed by atoms with van der Waals surface area (Å²) >= 11 is 0. The summed E-state index contributed by atoms with van der Waals surface area (Å²) in [5.74, 6) is -0.822. The van der Waals surface area contributed by atoms with Crippen LogP contribution >= 0.6 is 0 Å². The van der Waals surface area contributed by atoms with Gasteiger partial charge in [0.1, 0.15) is 11.5 Å². The molecule has 0 spiro atoms. The van der Waals surface area contributed by atoms with Crippen molar-refractivity contribution in [3.63, 3.8) is 0 Å². The number of carboxylic acid groups (broad SMARTS) is 2. The van der Waals surface area contributed by atoms with Crippen molar-refractivity contribution in [1.82, 2.24) is 9.88 Å². The molecule has 4 rings (SSSR count). The van der Waals surface area contributed by atoms with Crippen LogP contribution in [0.3, 0.4) is 0 Å². The first-order valence-corrected chi connectivity index (χ1v) is 10.5. The third-order valence-electron chi connectivity index (χ3n) is 5.20. The van der Waals surface area contributed by atoms with Crippen LogP contribution in [0.4, 0.5) is 0 Å². The van der Waals surface area contributed by atoms with Crippen molar-refractivity contribution in [2.45, 2.75) is 18.9 Å². The van der Waals surface area contributed by atoms with Gasteiger partial charge >= 0.3 is 11.9 Å². The van der Waals surface area contributed by atoms with Crippen LogP contribution in [0, 0.1) is 0 Å². The zero-order chi connectivity index (χ0) is 23.6. The summed E-state index contributed by atoms with van der Waals surface area (Å²) in [4.78, 5) is 26.0. The third-order valence-corrected chi connectivity index (χ3v) is 5.20. The van der Waals surface area contributed by atoms with Crippen LogP contribution in [-0.4, -0.2) is 45.6 Å². The second kappa shape index (κ2) is 11.6. The van der Waals surface area contributed by atoms with Crippen LogP contribution in [0.25, 0.3) is 11.1 Å². The first-order chi connectivity index (χ1) is 15.9. The SMILES string of the molecule is CN1CCCC1c1cncc(-c2ccc(Oc3ccccc3)cc2)c1.O=C(O)C=CC(=O)O. The first kappa shape index (κ1) is 23.7. The van der Waals surface area contributed by atoms with Crippen LogP contribution < -0.4 is 4.74 Å². The van der Waals surface area contributed by atoms with Gasteiger partial charge in [-0.05, 0) is 67.9 Å². The van der Waals surface area contributed by atoms with Gasteiger partial charge in [0.2, 0.25) is 0 Å². The predicted molar refractivity (Wildman–Crippen MR) is 125 cm³/mol. The zero-order valence-electron chi connectivity index (χ0n) is 18.3. The average molecular weight is 447 g/mol. The molecule has 7 heteroatoms. The number of benzene rings is 2. The number of rotatable bonds is 6. The molecule has 170 valence electrons. The van der Waals surface area contributed by atoms with E-state index >= 15 is 0 Å². The van der Waals surface area contributed by atoms with E-state index in [9.17, 15) is 9.59 Å². The highest BCUT2D eigenvalue weighted by Crippen LogP contribution is 2.32. The van der Waals surface area contributed by atoms with E-state index in [0.29, 0.717) is 18.2 Å². The maximum Gasteiger partial charge on any atom is 0.328 e. The lowest BCUT2D eigenvalue weighted by Crippen LogP contribution is -2.17. The van der Waals surface area contributed by atoms with E-state index in [-0.39, 0.29) is 0 Å². The van der Waals surface area contributed by atoms with E-state index in [4.69, 9.17) is 14.9 Å². The van der Waals surface area contributed by atoms with Crippen molar-refractivity contribution in [2.24, 2.45) is 0 Å². The molecule has 1 aliphatic heterocycles. The van der Waals surface area contributed by atoms with E-state index in [1.54, 1.807) is 0 Å². The van der Waals surface area contributed by atoms with E-state index in [1.165, 1.54) is 24.9 Å². The van der Waals surface area contributed by atoms with Crippen molar-refractivity contribution in [2.75, 3.05) is 13.6 Å². The summed E-state index contributed by atoms with van der Waals surface area (Å²) in [6.45, 7) is 1.17. The Bertz CT molecular complexity index is 1080. The highest BCUT2D eigenvalue weighted by molar-refractivity contribution is 5.89. The van der Waals surface area contributed by atoms with Crippen LogP contribution in [0.2, 0.25) is 0 Å². The topological polar surface area (TPSA) is 100.0 Å². The van der Waals surface area contributed by atoms with Gasteiger partial charge in [-0.15, -0.1) is 0 Å². The molecule has 1 saturated heterocycles. The third kappa shape index (κ3) is 7.29. The fraction of sp³-hybridized carbons (Fsp3) is 0.192. The number of aliphatic carboxylic acids is 2. The fourth-order valence-electron chi connectivity index (χ4n) is 3.61. The predicted octanol–water partition coefficient (Wildman–Crippen LogP) is 5.02. The summed E-state index contributed by atoms with van der Waals surface area (Å²) in [7, 11) is 2.19. The number of pyridine rings is 1. The Morgan fingerprint density at radius 1 is 0.939 bits per heavy atom. The number of carbonyl (C=O) groups is 2. The summed E-state index contributed by atoms with van der Waals surface area (Å²) < 4.78 is 5.87. The Labute approximate surface area is 192 Å². The lowest BCUT2D eigenvalue weighted by Gasteiger charge is -2.20. The second-order valence-corrected chi connectivity index (χ2v) is 7.59. The minimum Gasteiger partial charge on any atom is -0.478 e. The standard InChI is InChI=1S/C22H22N2O.C4H4O4/c1-24-13-5-8-22(24)19-14-18(15-23-16-19)17-9-11-21(12-10-17)25-20-6-3-2-4-7-20;5-3(6)1-2-4(7)8/h2-4,6-7,9-12,14-16,22H,5,8,13H2,1H3;1-2H,(H,5,6)(H,7,8). The first-order valence-electron chi connectivity index (χ1n) is 10.5. The Morgan fingerprint density at radius 2 is 1.58 bits per heavy atom. The molecule has 7 nitrogen and oxygen atoms in total. The second-order valence-electron chi connectivity index (χ2n) is 7.59. The van der Waals surface area contributed by atoms with Gasteiger partial charge in [0.25, 0.3) is 0 Å². The monoisotopic (exact) mass is 446 g/mol. The minimum atomic E-state index is -1.26. The van der Waals surface area contributed by atoms with Gasteiger partial charge in [0, 0.05) is 36.2 Å². The van der Waals surface area contributed by atoms with E-state index in [0.717, 1.165) is 22.6 Å². The molecule has 0 amide bonds. The number of hydrogen-bond donors (Lipinski definition) is 2. The van der Waals surface area contributed by atoms with Gasteiger partial charge in [-0.1, -0.05) is 30.3 Å². The zero-order valence-corrected chi connectivity index (χ0v) is 18.3. The van der Waals surface area contributed by atoms with Crippen molar-refractivity contribution in [3.05, 3.63) is 90.8 Å². The number of hydrogen-bond acceptors (Lipinski definition) is 5. The maximum atomic E-state index is 9.55. The van der Waals surface area contributed by atoms with Crippen LogP contribution in [-0.2, 0) is 9.59 Å². The van der Waals surface area contributed by atoms with Gasteiger partial charge in [-0.25, -0.2) is 9.59 Å². The lowest BCUT2D eigenvalue weighted by atomic mass is 10.0. The Hall–Kier alpha value is -3.97. The molecule has 3 aromatic rings. The Kier molecular flexibility index (Phi) is 8.32. The molecule has 0 radical (unpaired) electrons. The van der Waals surface area contributed by atoms with Gasteiger partial charge in [-0.3, -0.25) is 9.88 Å². The molecule has 2 aromatic carbocycles. The summed E-state index contributed by atoms with van der Waals surface area (Å²) in [5, 5.41) is 15.6. The van der Waals surface area contributed by atoms with E-state index < -0.39 is 11.9 Å². The van der Waals surface area contributed by atoms with E-state index in [2.05, 4.69) is 35.1 Å². The number of carboxylic acids is 2. The molecule has 1 aliphatic rings. The number of aromatic nitrogens is 1. The lowest BCUT2D eigenvalue weighted by molar-refractivity contribution is -0.134. The minimum absolute atomic E-state index is 0.494. The quantitative estimate of drug-likeness (QED) is 0.513. The van der Waals surface area contributed by atoms with Crippen LogP contribution in [0.5, 0.6) is 11.5 Å². The smallest absolute Gasteiger partial charge is 0.328 e. The highest BCUT2D eigenvalue weighted by Gasteiger charge is 2.22. The van der Waals surface area contributed by atoms with Crippen LogP contribution in [0.15, 0.2) is 85.2 Å². The molecule has 2 N–H and O–H groups in total. The molecule has 2 heterocycles. The number of nitrogens with zero attached hydrogens (tertiary/aromatic N) is 2. The summed E-state index contributed by atoms with van der Waals surface area (Å²) in [6, 6.07) is 20.8. The molecule has 0 bridgehead atoms. The molecular formula is C26H26N2O5. The van der Waals surface area contributed by atoms with Gasteiger partial charge in [-0.2, -0.15) is 0 Å². The average Bonchev–Trinajstić information content (AvgIpc) is 3.25. The van der Waals surface area contributed by atoms with Gasteiger partial charge in [0.15, 0.2) is 0 Å². The molecule has 0 saturated carbocycles. The molecule has 1 fully saturated rings. The molecule has 1 atom stereocenters. The van der Waals surface area contributed by atoms with Crippen molar-refractivity contribution >= 4 is 11.9 Å². The molecule has 0 aliphatic carbocycles. The Balaban J connectivity index is 0.000000331. The maximum absolute atomic E-state index is 9.55. The van der Waals surface area contributed by atoms with E-state index in [1.807, 2.05) is 54.9 Å². The number of likely N-dealkylation sites (tertiary alicyclic amines) is 1. The molecule has 1 aromatic heterocycles. The van der Waals surface area contributed by atoms with Crippen molar-refractivity contribution < 1.29 is 24.5 Å². The van der Waals surface area contributed by atoms with Gasteiger partial charge < -0.3 is 14.9 Å². The highest BCUT2D eigenvalue weighted by atomic mass is 16.5. The van der Waals surface area contributed by atoms with Crippen molar-refractivity contribution in [3.8, 4) is 22.6 Å². The Morgan fingerprint density at radius 3 is 2.15 bits per heavy atom. The molecule has 1 unspecified atom stereocenters. The normalized spacial score (nSPS) is 15.6. The molecule has 33 heavy (non-hydrogen) atoms. The summed E-state index contributed by atoms with van der Waals surface area (Å²) in [5.41, 5.74) is 3.63. The van der Waals surface area contributed by atoms with Crippen molar-refractivity contribution in [1.29, 1.82) is 0 Å². The molecular weight excluding hydrogens is 420 g/mol. The number of para-hydroxylation sites is 1. The van der Waals surface area contributed by atoms with Gasteiger partial charge in [0.05, 0.1) is 0 Å². The summed E-state index contributed by atoms with van der Waals surface area (Å²) in [6.07, 6.45) is 7.53. The number of ether oxygens (including phenoxy) is 1. The largest absolute Gasteiger partial charge is 0.478 e. The fourth-order valence-corrected chi connectivity index (χ4v) is 3.61. The van der Waals surface area contributed by atoms with Crippen LogP contribution in [0.1, 0.15) is 24.4 Å².